The maximum Gasteiger partial charge on any atom is 0.278 e. The second-order valence-corrected chi connectivity index (χ2v) is 6.55. The Bertz CT molecular complexity index is 772. The summed E-state index contributed by atoms with van der Waals surface area (Å²) in [5.74, 6) is 0.353. The summed E-state index contributed by atoms with van der Waals surface area (Å²) in [7, 11) is 1.75. The molecule has 1 aliphatic heterocycles. The molecule has 2 aromatic rings. The van der Waals surface area contributed by atoms with Gasteiger partial charge in [0.05, 0.1) is 11.2 Å². The molecule has 5 nitrogen and oxygen atoms in total. The first-order valence-electron chi connectivity index (χ1n) is 8.11. The number of halogens is 1. The molecule has 1 aromatic carbocycles. The number of hydrogen-bond acceptors (Lipinski definition) is 4. The van der Waals surface area contributed by atoms with Crippen molar-refractivity contribution < 1.29 is 4.79 Å². The van der Waals surface area contributed by atoms with E-state index in [2.05, 4.69) is 14.9 Å². The van der Waals surface area contributed by atoms with Gasteiger partial charge in [-0.3, -0.25) is 4.79 Å². The van der Waals surface area contributed by atoms with Crippen LogP contribution in [0, 0.1) is 13.8 Å². The minimum Gasteiger partial charge on any atom is -0.341 e. The Labute approximate surface area is 147 Å². The Morgan fingerprint density at radius 2 is 1.96 bits per heavy atom. The van der Waals surface area contributed by atoms with Crippen LogP contribution in [0.3, 0.4) is 0 Å². The minimum atomic E-state index is -0.225. The van der Waals surface area contributed by atoms with E-state index in [0.717, 1.165) is 42.7 Å². The van der Waals surface area contributed by atoms with Gasteiger partial charge in [-0.25, -0.2) is 9.97 Å². The van der Waals surface area contributed by atoms with Gasteiger partial charge in [-0.1, -0.05) is 23.7 Å². The van der Waals surface area contributed by atoms with Gasteiger partial charge in [-0.2, -0.15) is 0 Å². The van der Waals surface area contributed by atoms with E-state index in [9.17, 15) is 4.79 Å². The van der Waals surface area contributed by atoms with Gasteiger partial charge < -0.3 is 9.80 Å². The molecule has 0 saturated carbocycles. The summed E-state index contributed by atoms with van der Waals surface area (Å²) in [4.78, 5) is 25.3. The van der Waals surface area contributed by atoms with Crippen molar-refractivity contribution in [3.8, 4) is 0 Å². The number of hydrogen-bond donors (Lipinski definition) is 0. The highest BCUT2D eigenvalue weighted by molar-refractivity contribution is 6.34. The molecule has 1 aliphatic rings. The molecule has 0 bridgehead atoms. The highest BCUT2D eigenvalue weighted by Gasteiger charge is 2.23. The topological polar surface area (TPSA) is 49.3 Å². The normalized spacial score (nSPS) is 14.1. The molecular formula is C18H21ClN4O. The van der Waals surface area contributed by atoms with E-state index in [-0.39, 0.29) is 16.6 Å². The van der Waals surface area contributed by atoms with Crippen molar-refractivity contribution in [2.45, 2.75) is 26.7 Å². The smallest absolute Gasteiger partial charge is 0.278 e. The molecule has 6 heteroatoms. The fourth-order valence-electron chi connectivity index (χ4n) is 2.94. The fourth-order valence-corrected chi connectivity index (χ4v) is 3.12. The van der Waals surface area contributed by atoms with Crippen LogP contribution in [-0.2, 0) is 0 Å². The van der Waals surface area contributed by atoms with Gasteiger partial charge in [0.25, 0.3) is 5.91 Å². The molecule has 3 rings (SSSR count). The van der Waals surface area contributed by atoms with Crippen LogP contribution in [0.2, 0.25) is 5.02 Å². The van der Waals surface area contributed by atoms with Crippen molar-refractivity contribution in [3.05, 3.63) is 46.2 Å². The van der Waals surface area contributed by atoms with Crippen molar-refractivity contribution in [2.75, 3.05) is 29.9 Å². The van der Waals surface area contributed by atoms with Crippen molar-refractivity contribution in [1.82, 2.24) is 9.97 Å². The van der Waals surface area contributed by atoms with E-state index < -0.39 is 0 Å². The SMILES string of the molecule is Cc1cccc(N(C)C(=O)c2nc(N3CCCC3)ncc2Cl)c1C. The number of aryl methyl sites for hydroxylation is 1. The molecular weight excluding hydrogens is 324 g/mol. The zero-order valence-electron chi connectivity index (χ0n) is 14.2. The zero-order valence-corrected chi connectivity index (χ0v) is 15.0. The molecule has 126 valence electrons. The van der Waals surface area contributed by atoms with E-state index in [1.54, 1.807) is 11.9 Å². The van der Waals surface area contributed by atoms with Crippen LogP contribution in [0.25, 0.3) is 0 Å². The molecule has 1 amide bonds. The molecule has 0 unspecified atom stereocenters. The van der Waals surface area contributed by atoms with Crippen molar-refractivity contribution >= 4 is 29.1 Å². The van der Waals surface area contributed by atoms with Crippen molar-refractivity contribution in [2.24, 2.45) is 0 Å². The van der Waals surface area contributed by atoms with Gasteiger partial charge in [0, 0.05) is 25.8 Å². The van der Waals surface area contributed by atoms with Crippen LogP contribution in [0.15, 0.2) is 24.4 Å². The third kappa shape index (κ3) is 3.08. The lowest BCUT2D eigenvalue weighted by Crippen LogP contribution is -2.29. The van der Waals surface area contributed by atoms with Gasteiger partial charge in [0.2, 0.25) is 5.95 Å². The lowest BCUT2D eigenvalue weighted by Gasteiger charge is -2.22. The van der Waals surface area contributed by atoms with Gasteiger partial charge in [0.15, 0.2) is 5.69 Å². The Hall–Kier alpha value is -2.14. The number of rotatable bonds is 3. The summed E-state index contributed by atoms with van der Waals surface area (Å²) in [5, 5.41) is 0.278. The number of carbonyl (C=O) groups excluding carboxylic acids is 1. The van der Waals surface area contributed by atoms with Crippen molar-refractivity contribution in [1.29, 1.82) is 0 Å². The largest absolute Gasteiger partial charge is 0.341 e. The fraction of sp³-hybridized carbons (Fsp3) is 0.389. The molecule has 0 radical (unpaired) electrons. The number of carbonyl (C=O) groups is 1. The predicted molar refractivity (Wildman–Crippen MR) is 97.1 cm³/mol. The van der Waals surface area contributed by atoms with Crippen LogP contribution in [0.5, 0.6) is 0 Å². The highest BCUT2D eigenvalue weighted by Crippen LogP contribution is 2.26. The number of amides is 1. The summed E-state index contributed by atoms with van der Waals surface area (Å²) >= 11 is 6.21. The summed E-state index contributed by atoms with van der Waals surface area (Å²) in [6.07, 6.45) is 3.77. The first-order chi connectivity index (χ1) is 11.5. The molecule has 0 N–H and O–H groups in total. The summed E-state index contributed by atoms with van der Waals surface area (Å²) in [6.45, 7) is 5.87. The average molecular weight is 345 g/mol. The number of anilines is 2. The molecule has 1 saturated heterocycles. The third-order valence-corrected chi connectivity index (χ3v) is 4.84. The molecule has 0 spiro atoms. The zero-order chi connectivity index (χ0) is 17.3. The number of benzene rings is 1. The van der Waals surface area contributed by atoms with Crippen LogP contribution in [-0.4, -0.2) is 36.0 Å². The highest BCUT2D eigenvalue weighted by atomic mass is 35.5. The number of aromatic nitrogens is 2. The Morgan fingerprint density at radius 1 is 1.25 bits per heavy atom. The summed E-state index contributed by atoms with van der Waals surface area (Å²) in [5.41, 5.74) is 3.31. The Kier molecular flexibility index (Phi) is 4.71. The molecule has 0 aliphatic carbocycles. The lowest BCUT2D eigenvalue weighted by molar-refractivity contribution is 0.0988. The van der Waals surface area contributed by atoms with Crippen LogP contribution < -0.4 is 9.80 Å². The molecule has 0 atom stereocenters. The Morgan fingerprint density at radius 3 is 2.67 bits per heavy atom. The van der Waals surface area contributed by atoms with Crippen LogP contribution in [0.4, 0.5) is 11.6 Å². The second-order valence-electron chi connectivity index (χ2n) is 6.14. The molecule has 2 heterocycles. The summed E-state index contributed by atoms with van der Waals surface area (Å²) in [6, 6.07) is 5.90. The van der Waals surface area contributed by atoms with Gasteiger partial charge in [-0.15, -0.1) is 0 Å². The molecule has 24 heavy (non-hydrogen) atoms. The average Bonchev–Trinajstić information content (AvgIpc) is 3.11. The maximum atomic E-state index is 12.9. The van der Waals surface area contributed by atoms with Gasteiger partial charge in [0.1, 0.15) is 0 Å². The second kappa shape index (κ2) is 6.77. The van der Waals surface area contributed by atoms with Crippen molar-refractivity contribution in [3.63, 3.8) is 0 Å². The summed E-state index contributed by atoms with van der Waals surface area (Å²) < 4.78 is 0. The van der Waals surface area contributed by atoms with Gasteiger partial charge in [-0.05, 0) is 43.9 Å². The first-order valence-corrected chi connectivity index (χ1v) is 8.48. The monoisotopic (exact) mass is 344 g/mol. The van der Waals surface area contributed by atoms with E-state index in [1.165, 1.54) is 6.20 Å². The van der Waals surface area contributed by atoms with E-state index >= 15 is 0 Å². The van der Waals surface area contributed by atoms with Crippen LogP contribution >= 0.6 is 11.6 Å². The van der Waals surface area contributed by atoms with E-state index in [1.807, 2.05) is 32.0 Å². The quantitative estimate of drug-likeness (QED) is 0.853. The molecule has 1 fully saturated rings. The molecule has 1 aromatic heterocycles. The first kappa shape index (κ1) is 16.7. The number of nitrogens with zero attached hydrogens (tertiary/aromatic N) is 4. The standard InChI is InChI=1S/C18H21ClN4O/c1-12-7-6-8-15(13(12)2)22(3)17(24)16-14(19)11-20-18(21-16)23-9-4-5-10-23/h6-8,11H,4-5,9-10H2,1-3H3. The van der Waals surface area contributed by atoms with E-state index in [4.69, 9.17) is 11.6 Å². The maximum absolute atomic E-state index is 12.9. The van der Waals surface area contributed by atoms with E-state index in [0.29, 0.717) is 5.95 Å². The lowest BCUT2D eigenvalue weighted by atomic mass is 10.1. The third-order valence-electron chi connectivity index (χ3n) is 4.56. The minimum absolute atomic E-state index is 0.225. The predicted octanol–water partition coefficient (Wildman–Crippen LogP) is 3.62. The van der Waals surface area contributed by atoms with Gasteiger partial charge >= 0.3 is 0 Å². The Balaban J connectivity index is 1.94. The van der Waals surface area contributed by atoms with Crippen LogP contribution in [0.1, 0.15) is 34.5 Å².